The van der Waals surface area contributed by atoms with Gasteiger partial charge in [-0.05, 0) is 43.3 Å². The number of furan rings is 1. The first-order valence-corrected chi connectivity index (χ1v) is 7.58. The molecule has 3 aromatic rings. The standard InChI is InChI=1S/C20H17NO3/c1-15-11-12-20(23-15)18(22)13-14-21-17-9-5-6-10-19(17)24-16-7-3-2-4-8-16/h2-14,21H,1H3/b14-13+. The number of carbonyl (C=O) groups excluding carboxylic acids is 1. The molecule has 3 rings (SSSR count). The Morgan fingerprint density at radius 1 is 1.00 bits per heavy atom. The molecular weight excluding hydrogens is 302 g/mol. The monoisotopic (exact) mass is 319 g/mol. The number of para-hydroxylation sites is 3. The smallest absolute Gasteiger partial charge is 0.222 e. The third kappa shape index (κ3) is 3.93. The fraction of sp³-hybridized carbons (Fsp3) is 0.0500. The molecule has 0 spiro atoms. The van der Waals surface area contributed by atoms with Gasteiger partial charge in [0.2, 0.25) is 5.78 Å². The highest BCUT2D eigenvalue weighted by atomic mass is 16.5. The van der Waals surface area contributed by atoms with Crippen LogP contribution in [0.25, 0.3) is 0 Å². The number of allylic oxidation sites excluding steroid dienone is 1. The molecule has 2 aromatic carbocycles. The van der Waals surface area contributed by atoms with Crippen molar-refractivity contribution >= 4 is 11.5 Å². The van der Waals surface area contributed by atoms with Gasteiger partial charge in [0, 0.05) is 12.3 Å². The summed E-state index contributed by atoms with van der Waals surface area (Å²) < 4.78 is 11.2. The van der Waals surface area contributed by atoms with E-state index in [2.05, 4.69) is 5.32 Å². The van der Waals surface area contributed by atoms with Crippen molar-refractivity contribution in [2.75, 3.05) is 5.32 Å². The normalized spacial score (nSPS) is 10.7. The summed E-state index contributed by atoms with van der Waals surface area (Å²) >= 11 is 0. The van der Waals surface area contributed by atoms with Crippen molar-refractivity contribution in [3.63, 3.8) is 0 Å². The van der Waals surface area contributed by atoms with E-state index in [0.717, 1.165) is 11.4 Å². The number of ketones is 1. The molecule has 120 valence electrons. The van der Waals surface area contributed by atoms with Crippen LogP contribution in [0.2, 0.25) is 0 Å². The van der Waals surface area contributed by atoms with Crippen molar-refractivity contribution in [1.82, 2.24) is 0 Å². The van der Waals surface area contributed by atoms with E-state index in [9.17, 15) is 4.79 Å². The molecule has 1 heterocycles. The predicted molar refractivity (Wildman–Crippen MR) is 93.5 cm³/mol. The van der Waals surface area contributed by atoms with Crippen molar-refractivity contribution in [3.05, 3.63) is 90.5 Å². The first-order chi connectivity index (χ1) is 11.7. The van der Waals surface area contributed by atoms with Crippen LogP contribution >= 0.6 is 0 Å². The molecule has 0 unspecified atom stereocenters. The highest BCUT2D eigenvalue weighted by Crippen LogP contribution is 2.29. The van der Waals surface area contributed by atoms with Crippen LogP contribution < -0.4 is 10.1 Å². The Bertz CT molecular complexity index is 850. The van der Waals surface area contributed by atoms with E-state index in [1.54, 1.807) is 25.3 Å². The minimum Gasteiger partial charge on any atom is -0.458 e. The molecule has 0 fully saturated rings. The average Bonchev–Trinajstić information content (AvgIpc) is 3.04. The van der Waals surface area contributed by atoms with Gasteiger partial charge in [-0.3, -0.25) is 4.79 Å². The number of carbonyl (C=O) groups is 1. The van der Waals surface area contributed by atoms with Gasteiger partial charge in [0.05, 0.1) is 5.69 Å². The molecular formula is C20H17NO3. The Morgan fingerprint density at radius 3 is 2.50 bits per heavy atom. The highest BCUT2D eigenvalue weighted by Gasteiger charge is 2.06. The maximum Gasteiger partial charge on any atom is 0.222 e. The fourth-order valence-corrected chi connectivity index (χ4v) is 2.15. The van der Waals surface area contributed by atoms with E-state index in [4.69, 9.17) is 9.15 Å². The predicted octanol–water partition coefficient (Wildman–Crippen LogP) is 5.19. The summed E-state index contributed by atoms with van der Waals surface area (Å²) in [6, 6.07) is 20.5. The van der Waals surface area contributed by atoms with E-state index in [1.807, 2.05) is 54.6 Å². The molecule has 0 bridgehead atoms. The lowest BCUT2D eigenvalue weighted by Crippen LogP contribution is -1.96. The van der Waals surface area contributed by atoms with Gasteiger partial charge < -0.3 is 14.5 Å². The zero-order valence-corrected chi connectivity index (χ0v) is 13.2. The van der Waals surface area contributed by atoms with Gasteiger partial charge in [0.25, 0.3) is 0 Å². The lowest BCUT2D eigenvalue weighted by molar-refractivity contribution is 0.102. The molecule has 4 nitrogen and oxygen atoms in total. The molecule has 0 aliphatic heterocycles. The summed E-state index contributed by atoms with van der Waals surface area (Å²) in [4.78, 5) is 12.0. The summed E-state index contributed by atoms with van der Waals surface area (Å²) in [5.41, 5.74) is 0.765. The Kier molecular flexibility index (Phi) is 4.77. The van der Waals surface area contributed by atoms with Gasteiger partial charge in [0.1, 0.15) is 11.5 Å². The van der Waals surface area contributed by atoms with E-state index in [-0.39, 0.29) is 5.78 Å². The lowest BCUT2D eigenvalue weighted by atomic mass is 10.2. The van der Waals surface area contributed by atoms with Crippen LogP contribution in [0, 0.1) is 6.92 Å². The van der Waals surface area contributed by atoms with Crippen LogP contribution in [0.3, 0.4) is 0 Å². The number of rotatable bonds is 6. The van der Waals surface area contributed by atoms with Crippen LogP contribution in [-0.2, 0) is 0 Å². The molecule has 4 heteroatoms. The van der Waals surface area contributed by atoms with E-state index < -0.39 is 0 Å². The third-order valence-corrected chi connectivity index (χ3v) is 3.31. The van der Waals surface area contributed by atoms with Gasteiger partial charge in [-0.25, -0.2) is 0 Å². The van der Waals surface area contributed by atoms with Crippen molar-refractivity contribution in [2.24, 2.45) is 0 Å². The molecule has 0 aliphatic carbocycles. The van der Waals surface area contributed by atoms with Crippen LogP contribution in [-0.4, -0.2) is 5.78 Å². The van der Waals surface area contributed by atoms with Crippen LogP contribution in [0.15, 0.2) is 83.4 Å². The van der Waals surface area contributed by atoms with E-state index in [0.29, 0.717) is 17.3 Å². The Hall–Kier alpha value is -3.27. The maximum atomic E-state index is 12.0. The van der Waals surface area contributed by atoms with E-state index in [1.165, 1.54) is 6.08 Å². The summed E-state index contributed by atoms with van der Waals surface area (Å²) in [5.74, 6) is 2.25. The average molecular weight is 319 g/mol. The van der Waals surface area contributed by atoms with Crippen molar-refractivity contribution in [2.45, 2.75) is 6.92 Å². The van der Waals surface area contributed by atoms with Gasteiger partial charge in [-0.1, -0.05) is 30.3 Å². The van der Waals surface area contributed by atoms with Gasteiger partial charge >= 0.3 is 0 Å². The minimum atomic E-state index is -0.197. The second kappa shape index (κ2) is 7.33. The highest BCUT2D eigenvalue weighted by molar-refractivity contribution is 6.02. The Morgan fingerprint density at radius 2 is 1.75 bits per heavy atom. The molecule has 1 N–H and O–H groups in total. The number of hydrogen-bond acceptors (Lipinski definition) is 4. The largest absolute Gasteiger partial charge is 0.458 e. The second-order valence-electron chi connectivity index (χ2n) is 5.16. The summed E-state index contributed by atoms with van der Waals surface area (Å²) in [6.07, 6.45) is 3.00. The summed E-state index contributed by atoms with van der Waals surface area (Å²) in [5, 5.41) is 3.07. The quantitative estimate of drug-likeness (QED) is 0.502. The zero-order valence-electron chi connectivity index (χ0n) is 13.2. The number of hydrogen-bond donors (Lipinski definition) is 1. The van der Waals surface area contributed by atoms with Crippen molar-refractivity contribution in [3.8, 4) is 11.5 Å². The molecule has 0 aliphatic rings. The molecule has 0 radical (unpaired) electrons. The Balaban J connectivity index is 1.69. The molecule has 0 amide bonds. The van der Waals surface area contributed by atoms with Gasteiger partial charge in [-0.15, -0.1) is 0 Å². The number of nitrogens with one attached hydrogen (secondary N) is 1. The van der Waals surface area contributed by atoms with Crippen LogP contribution in [0.1, 0.15) is 16.3 Å². The van der Waals surface area contributed by atoms with E-state index >= 15 is 0 Å². The maximum absolute atomic E-state index is 12.0. The lowest BCUT2D eigenvalue weighted by Gasteiger charge is -2.10. The molecule has 0 saturated heterocycles. The number of benzene rings is 2. The van der Waals surface area contributed by atoms with Crippen LogP contribution in [0.5, 0.6) is 11.5 Å². The first-order valence-electron chi connectivity index (χ1n) is 7.58. The SMILES string of the molecule is Cc1ccc(C(=O)/C=C/Nc2ccccc2Oc2ccccc2)o1. The number of ether oxygens (including phenoxy) is 1. The van der Waals surface area contributed by atoms with Gasteiger partial charge in [0.15, 0.2) is 11.5 Å². The van der Waals surface area contributed by atoms with Gasteiger partial charge in [-0.2, -0.15) is 0 Å². The number of anilines is 1. The summed E-state index contributed by atoms with van der Waals surface area (Å²) in [6.45, 7) is 1.80. The molecule has 24 heavy (non-hydrogen) atoms. The van der Waals surface area contributed by atoms with Crippen molar-refractivity contribution < 1.29 is 13.9 Å². The van der Waals surface area contributed by atoms with Crippen molar-refractivity contribution in [1.29, 1.82) is 0 Å². The Labute approximate surface area is 140 Å². The summed E-state index contributed by atoms with van der Waals surface area (Å²) in [7, 11) is 0. The third-order valence-electron chi connectivity index (χ3n) is 3.31. The minimum absolute atomic E-state index is 0.197. The topological polar surface area (TPSA) is 51.5 Å². The fourth-order valence-electron chi connectivity index (χ4n) is 2.15. The molecule has 0 saturated carbocycles. The van der Waals surface area contributed by atoms with Crippen LogP contribution in [0.4, 0.5) is 5.69 Å². The second-order valence-corrected chi connectivity index (χ2v) is 5.16. The number of aryl methyl sites for hydroxylation is 1. The molecule has 1 aromatic heterocycles. The first kappa shape index (κ1) is 15.6. The molecule has 0 atom stereocenters. The zero-order chi connectivity index (χ0) is 16.8.